The fraction of sp³-hybridized carbons (Fsp3) is 0.500. The molecule has 0 bridgehead atoms. The number of amides is 2. The number of benzene rings is 1. The molecule has 208 valence electrons. The summed E-state index contributed by atoms with van der Waals surface area (Å²) in [6.45, 7) is 4.62. The molecule has 2 atom stereocenters. The number of hydrogen-bond acceptors (Lipinski definition) is 5. The molecule has 1 saturated heterocycles. The first-order valence-electron chi connectivity index (χ1n) is 12.3. The topological polar surface area (TPSA) is 83.6 Å². The van der Waals surface area contributed by atoms with Crippen LogP contribution >= 0.6 is 23.2 Å². The number of alkyl halides is 3. The van der Waals surface area contributed by atoms with E-state index in [1.807, 2.05) is 5.32 Å². The zero-order valence-corrected chi connectivity index (χ0v) is 22.9. The second kappa shape index (κ2) is 12.4. The molecular weight excluding hydrogens is 544 g/mol. The molecule has 0 radical (unpaired) electrons. The van der Waals surface area contributed by atoms with E-state index in [1.165, 1.54) is 12.3 Å². The SMILES string of the molecule is CCCC1CC(NC(=O)C(C)(C)Oc2ccc(Cl)cc2Cl)CCN1c1ccc(C(=O)NCC(F)(F)F)nc1. The smallest absolute Gasteiger partial charge is 0.405 e. The molecule has 2 aromatic rings. The number of rotatable bonds is 9. The van der Waals surface area contributed by atoms with Crippen LogP contribution in [-0.4, -0.2) is 53.7 Å². The number of anilines is 1. The number of aromatic nitrogens is 1. The number of hydrogen-bond donors (Lipinski definition) is 2. The molecule has 12 heteroatoms. The maximum absolute atomic E-state index is 13.1. The molecule has 0 spiro atoms. The summed E-state index contributed by atoms with van der Waals surface area (Å²) in [6, 6.07) is 7.92. The molecule has 38 heavy (non-hydrogen) atoms. The minimum Gasteiger partial charge on any atom is -0.476 e. The number of pyridine rings is 1. The van der Waals surface area contributed by atoms with Crippen LogP contribution in [0.15, 0.2) is 36.5 Å². The third-order valence-electron chi connectivity index (χ3n) is 6.24. The maximum Gasteiger partial charge on any atom is 0.405 e. The number of nitrogens with zero attached hydrogens (tertiary/aromatic N) is 2. The summed E-state index contributed by atoms with van der Waals surface area (Å²) >= 11 is 12.1. The number of carbonyl (C=O) groups excluding carboxylic acids is 2. The van der Waals surface area contributed by atoms with Crippen LogP contribution in [0.5, 0.6) is 5.75 Å². The van der Waals surface area contributed by atoms with Crippen molar-refractivity contribution in [2.75, 3.05) is 18.0 Å². The first-order valence-corrected chi connectivity index (χ1v) is 13.1. The fourth-order valence-electron chi connectivity index (χ4n) is 4.33. The van der Waals surface area contributed by atoms with Gasteiger partial charge in [-0.05, 0) is 63.4 Å². The van der Waals surface area contributed by atoms with Gasteiger partial charge in [-0.3, -0.25) is 9.59 Å². The number of halogens is 5. The van der Waals surface area contributed by atoms with Gasteiger partial charge in [0, 0.05) is 23.7 Å². The predicted molar refractivity (Wildman–Crippen MR) is 141 cm³/mol. The molecule has 2 heterocycles. The summed E-state index contributed by atoms with van der Waals surface area (Å²) in [5.74, 6) is -0.795. The minimum absolute atomic E-state index is 0.0840. The Kier molecular flexibility index (Phi) is 9.75. The van der Waals surface area contributed by atoms with Crippen molar-refractivity contribution in [3.05, 3.63) is 52.3 Å². The Bertz CT molecular complexity index is 1130. The lowest BCUT2D eigenvalue weighted by Crippen LogP contribution is -2.55. The first kappa shape index (κ1) is 29.8. The zero-order chi connectivity index (χ0) is 28.1. The molecule has 2 unspecified atom stereocenters. The Balaban J connectivity index is 1.62. The van der Waals surface area contributed by atoms with Crippen molar-refractivity contribution < 1.29 is 27.5 Å². The Hall–Kier alpha value is -2.72. The number of nitrogens with one attached hydrogen (secondary N) is 2. The van der Waals surface area contributed by atoms with Gasteiger partial charge < -0.3 is 20.3 Å². The molecular formula is C26H31Cl2F3N4O3. The van der Waals surface area contributed by atoms with Gasteiger partial charge in [0.1, 0.15) is 18.0 Å². The van der Waals surface area contributed by atoms with E-state index in [0.29, 0.717) is 35.2 Å². The highest BCUT2D eigenvalue weighted by atomic mass is 35.5. The van der Waals surface area contributed by atoms with E-state index in [1.54, 1.807) is 38.1 Å². The molecule has 2 amide bonds. The zero-order valence-electron chi connectivity index (χ0n) is 21.4. The predicted octanol–water partition coefficient (Wildman–Crippen LogP) is 5.79. The van der Waals surface area contributed by atoms with Gasteiger partial charge in [0.15, 0.2) is 5.60 Å². The van der Waals surface area contributed by atoms with E-state index in [0.717, 1.165) is 18.5 Å². The highest BCUT2D eigenvalue weighted by molar-refractivity contribution is 6.35. The van der Waals surface area contributed by atoms with Crippen molar-refractivity contribution >= 4 is 40.7 Å². The van der Waals surface area contributed by atoms with E-state index >= 15 is 0 Å². The van der Waals surface area contributed by atoms with Crippen LogP contribution in [-0.2, 0) is 4.79 Å². The van der Waals surface area contributed by atoms with Gasteiger partial charge in [-0.2, -0.15) is 13.2 Å². The lowest BCUT2D eigenvalue weighted by Gasteiger charge is -2.42. The van der Waals surface area contributed by atoms with Crippen LogP contribution in [0.2, 0.25) is 10.0 Å². The average molecular weight is 575 g/mol. The van der Waals surface area contributed by atoms with E-state index in [4.69, 9.17) is 27.9 Å². The Morgan fingerprint density at radius 1 is 1.18 bits per heavy atom. The quantitative estimate of drug-likeness (QED) is 0.396. The van der Waals surface area contributed by atoms with Crippen LogP contribution in [0, 0.1) is 0 Å². The van der Waals surface area contributed by atoms with Crippen molar-refractivity contribution in [3.8, 4) is 5.75 Å². The summed E-state index contributed by atoms with van der Waals surface area (Å²) in [7, 11) is 0. The van der Waals surface area contributed by atoms with Crippen LogP contribution < -0.4 is 20.3 Å². The second-order valence-corrected chi connectivity index (χ2v) is 10.6. The largest absolute Gasteiger partial charge is 0.476 e. The van der Waals surface area contributed by atoms with Crippen LogP contribution in [0.3, 0.4) is 0 Å². The number of piperidine rings is 1. The summed E-state index contributed by atoms with van der Waals surface area (Å²) in [5, 5.41) is 5.70. The van der Waals surface area contributed by atoms with Crippen LogP contribution in [0.25, 0.3) is 0 Å². The van der Waals surface area contributed by atoms with E-state index in [-0.39, 0.29) is 23.7 Å². The molecule has 3 rings (SSSR count). The van der Waals surface area contributed by atoms with Gasteiger partial charge in [-0.15, -0.1) is 0 Å². The highest BCUT2D eigenvalue weighted by Gasteiger charge is 2.35. The Labute approximate surface area is 230 Å². The third-order valence-corrected chi connectivity index (χ3v) is 6.77. The molecule has 0 saturated carbocycles. The molecule has 1 aromatic carbocycles. The number of carbonyl (C=O) groups is 2. The Morgan fingerprint density at radius 2 is 1.92 bits per heavy atom. The average Bonchev–Trinajstić information content (AvgIpc) is 2.84. The van der Waals surface area contributed by atoms with E-state index in [2.05, 4.69) is 22.1 Å². The van der Waals surface area contributed by atoms with Gasteiger partial charge >= 0.3 is 6.18 Å². The number of ether oxygens (including phenoxy) is 1. The summed E-state index contributed by atoms with van der Waals surface area (Å²) in [4.78, 5) is 31.3. The molecule has 7 nitrogen and oxygen atoms in total. The summed E-state index contributed by atoms with van der Waals surface area (Å²) in [6.07, 6.45) is 0.129. The van der Waals surface area contributed by atoms with Crippen molar-refractivity contribution in [3.63, 3.8) is 0 Å². The van der Waals surface area contributed by atoms with Crippen LogP contribution in [0.4, 0.5) is 18.9 Å². The van der Waals surface area contributed by atoms with Gasteiger partial charge in [0.25, 0.3) is 11.8 Å². The lowest BCUT2D eigenvalue weighted by atomic mass is 9.92. The van der Waals surface area contributed by atoms with Crippen LogP contribution in [0.1, 0.15) is 56.9 Å². The van der Waals surface area contributed by atoms with Crippen molar-refractivity contribution in [1.82, 2.24) is 15.6 Å². The molecule has 1 fully saturated rings. The van der Waals surface area contributed by atoms with Gasteiger partial charge in [0.2, 0.25) is 0 Å². The highest BCUT2D eigenvalue weighted by Crippen LogP contribution is 2.31. The monoisotopic (exact) mass is 574 g/mol. The second-order valence-electron chi connectivity index (χ2n) is 9.72. The van der Waals surface area contributed by atoms with Crippen molar-refractivity contribution in [1.29, 1.82) is 0 Å². The molecule has 1 aliphatic rings. The molecule has 1 aromatic heterocycles. The first-order chi connectivity index (χ1) is 17.8. The third kappa shape index (κ3) is 8.14. The van der Waals surface area contributed by atoms with Gasteiger partial charge in [-0.1, -0.05) is 36.5 Å². The fourth-order valence-corrected chi connectivity index (χ4v) is 4.78. The van der Waals surface area contributed by atoms with Gasteiger partial charge in [-0.25, -0.2) is 4.98 Å². The minimum atomic E-state index is -4.49. The summed E-state index contributed by atoms with van der Waals surface area (Å²) in [5.41, 5.74) is -0.502. The lowest BCUT2D eigenvalue weighted by molar-refractivity contribution is -0.135. The molecule has 1 aliphatic heterocycles. The van der Waals surface area contributed by atoms with E-state index < -0.39 is 24.2 Å². The standard InChI is InChI=1S/C26H31Cl2F3N4O3/c1-4-5-18-13-17(34-24(37)25(2,3)38-22-9-6-16(27)12-20(22)28)10-11-35(18)19-7-8-21(32-14-19)23(36)33-15-26(29,30)31/h6-9,12,14,17-18H,4-5,10-11,13,15H2,1-3H3,(H,33,36)(H,34,37). The maximum atomic E-state index is 13.1. The normalized spacial score (nSPS) is 18.2. The van der Waals surface area contributed by atoms with Gasteiger partial charge in [0.05, 0.1) is 16.9 Å². The van der Waals surface area contributed by atoms with Crippen molar-refractivity contribution in [2.45, 2.75) is 70.3 Å². The Morgan fingerprint density at radius 3 is 2.53 bits per heavy atom. The molecule has 2 N–H and O–H groups in total. The molecule has 0 aliphatic carbocycles. The van der Waals surface area contributed by atoms with Crippen molar-refractivity contribution in [2.24, 2.45) is 0 Å². The summed E-state index contributed by atoms with van der Waals surface area (Å²) < 4.78 is 43.0. The van der Waals surface area contributed by atoms with E-state index in [9.17, 15) is 22.8 Å².